The van der Waals surface area contributed by atoms with Crippen LogP contribution >= 0.6 is 0 Å². The van der Waals surface area contributed by atoms with E-state index in [4.69, 9.17) is 0 Å². The quantitative estimate of drug-likeness (QED) is 0.882. The monoisotopic (exact) mass is 263 g/mol. The number of nitrogens with one attached hydrogen (secondary N) is 1. The molecule has 0 saturated carbocycles. The van der Waals surface area contributed by atoms with E-state index in [2.05, 4.69) is 75.9 Å². The van der Waals surface area contributed by atoms with Crippen molar-refractivity contribution in [2.75, 3.05) is 11.9 Å². The summed E-state index contributed by atoms with van der Waals surface area (Å²) in [5.74, 6) is 0.634. The molecule has 0 aromatic carbocycles. The molecule has 1 unspecified atom stereocenters. The first kappa shape index (κ1) is 16.0. The summed E-state index contributed by atoms with van der Waals surface area (Å²) in [6.07, 6.45) is 1.90. The number of hydrogen-bond acceptors (Lipinski definition) is 3. The maximum absolute atomic E-state index is 4.44. The molecule has 1 aromatic rings. The Hall–Kier alpha value is -1.09. The molecule has 19 heavy (non-hydrogen) atoms. The van der Waals surface area contributed by atoms with Gasteiger partial charge in [0.05, 0.1) is 5.69 Å². The van der Waals surface area contributed by atoms with E-state index in [-0.39, 0.29) is 5.54 Å². The Kier molecular flexibility index (Phi) is 5.36. The molecule has 1 rings (SSSR count). The number of rotatable bonds is 5. The lowest BCUT2D eigenvalue weighted by atomic mass is 10.0. The van der Waals surface area contributed by atoms with Crippen LogP contribution in [-0.2, 0) is 6.54 Å². The lowest BCUT2D eigenvalue weighted by Crippen LogP contribution is -2.35. The van der Waals surface area contributed by atoms with Crippen LogP contribution in [0.1, 0.15) is 47.2 Å². The first-order chi connectivity index (χ1) is 8.70. The highest BCUT2D eigenvalue weighted by Crippen LogP contribution is 2.19. The summed E-state index contributed by atoms with van der Waals surface area (Å²) < 4.78 is 0. The summed E-state index contributed by atoms with van der Waals surface area (Å²) in [5, 5.41) is 3.48. The molecule has 0 saturated heterocycles. The molecule has 0 bridgehead atoms. The molecule has 0 radical (unpaired) electrons. The molecular formula is C16H29N3. The van der Waals surface area contributed by atoms with E-state index < -0.39 is 0 Å². The highest BCUT2D eigenvalue weighted by atomic mass is 15.1. The van der Waals surface area contributed by atoms with Crippen molar-refractivity contribution < 1.29 is 0 Å². The van der Waals surface area contributed by atoms with Crippen molar-refractivity contribution in [3.63, 3.8) is 0 Å². The average Bonchev–Trinajstić information content (AvgIpc) is 2.34. The molecule has 3 heteroatoms. The molecular weight excluding hydrogens is 234 g/mol. The van der Waals surface area contributed by atoms with Crippen molar-refractivity contribution in [2.45, 2.75) is 59.7 Å². The molecule has 1 aromatic heterocycles. The van der Waals surface area contributed by atoms with Crippen LogP contribution in [0.5, 0.6) is 0 Å². The minimum atomic E-state index is 0.120. The van der Waals surface area contributed by atoms with Crippen molar-refractivity contribution in [3.8, 4) is 0 Å². The second-order valence-electron chi connectivity index (χ2n) is 6.70. The molecule has 1 heterocycles. The summed E-state index contributed by atoms with van der Waals surface area (Å²) in [5.41, 5.74) is 2.45. The SMILES string of the molecule is CC(C)C(C)N(C)c1ccnc(CNC(C)(C)C)c1. The topological polar surface area (TPSA) is 28.2 Å². The van der Waals surface area contributed by atoms with E-state index in [1.165, 1.54) is 5.69 Å². The molecule has 0 aliphatic carbocycles. The number of pyridine rings is 1. The minimum Gasteiger partial charge on any atom is -0.372 e. The van der Waals surface area contributed by atoms with Crippen LogP contribution in [0.3, 0.4) is 0 Å². The molecule has 0 spiro atoms. The first-order valence-electron chi connectivity index (χ1n) is 7.13. The van der Waals surface area contributed by atoms with Gasteiger partial charge < -0.3 is 10.2 Å². The van der Waals surface area contributed by atoms with Gasteiger partial charge in [0.2, 0.25) is 0 Å². The van der Waals surface area contributed by atoms with Gasteiger partial charge in [0.15, 0.2) is 0 Å². The third-order valence-electron chi connectivity index (χ3n) is 3.58. The van der Waals surface area contributed by atoms with Crippen LogP contribution in [-0.4, -0.2) is 23.6 Å². The fourth-order valence-corrected chi connectivity index (χ4v) is 1.82. The Morgan fingerprint density at radius 1 is 1.26 bits per heavy atom. The highest BCUT2D eigenvalue weighted by molar-refractivity contribution is 5.46. The number of anilines is 1. The first-order valence-corrected chi connectivity index (χ1v) is 7.13. The third kappa shape index (κ3) is 5.19. The fraction of sp³-hybridized carbons (Fsp3) is 0.688. The van der Waals surface area contributed by atoms with Crippen LogP contribution in [0.4, 0.5) is 5.69 Å². The molecule has 0 aliphatic rings. The summed E-state index contributed by atoms with van der Waals surface area (Å²) in [7, 11) is 2.15. The Labute approximate surface area is 118 Å². The van der Waals surface area contributed by atoms with Crippen molar-refractivity contribution in [1.29, 1.82) is 0 Å². The van der Waals surface area contributed by atoms with Crippen molar-refractivity contribution in [3.05, 3.63) is 24.0 Å². The summed E-state index contributed by atoms with van der Waals surface area (Å²) in [6, 6.07) is 4.78. The molecule has 0 aliphatic heterocycles. The Morgan fingerprint density at radius 2 is 1.89 bits per heavy atom. The van der Waals surface area contributed by atoms with Gasteiger partial charge in [0, 0.05) is 37.1 Å². The van der Waals surface area contributed by atoms with E-state index in [1.54, 1.807) is 0 Å². The fourth-order valence-electron chi connectivity index (χ4n) is 1.82. The molecule has 1 atom stereocenters. The van der Waals surface area contributed by atoms with Gasteiger partial charge in [-0.1, -0.05) is 13.8 Å². The molecule has 0 fully saturated rings. The zero-order valence-corrected chi connectivity index (χ0v) is 13.5. The highest BCUT2D eigenvalue weighted by Gasteiger charge is 2.14. The van der Waals surface area contributed by atoms with Crippen LogP contribution in [0.15, 0.2) is 18.3 Å². The summed E-state index contributed by atoms with van der Waals surface area (Å²) in [6.45, 7) is 14.1. The van der Waals surface area contributed by atoms with E-state index in [0.717, 1.165) is 12.2 Å². The number of hydrogen-bond donors (Lipinski definition) is 1. The van der Waals surface area contributed by atoms with E-state index in [1.807, 2.05) is 6.20 Å². The largest absolute Gasteiger partial charge is 0.372 e. The molecule has 3 nitrogen and oxygen atoms in total. The van der Waals surface area contributed by atoms with Gasteiger partial charge in [-0.2, -0.15) is 0 Å². The van der Waals surface area contributed by atoms with Crippen LogP contribution in [0.2, 0.25) is 0 Å². The molecule has 0 amide bonds. The predicted octanol–water partition coefficient (Wildman–Crippen LogP) is 3.45. The average molecular weight is 263 g/mol. The lowest BCUT2D eigenvalue weighted by Gasteiger charge is -2.30. The Balaban J connectivity index is 2.77. The predicted molar refractivity (Wildman–Crippen MR) is 83.5 cm³/mol. The molecule has 108 valence electrons. The van der Waals surface area contributed by atoms with Crippen LogP contribution in [0, 0.1) is 5.92 Å². The lowest BCUT2D eigenvalue weighted by molar-refractivity contribution is 0.421. The van der Waals surface area contributed by atoms with Crippen molar-refractivity contribution >= 4 is 5.69 Å². The van der Waals surface area contributed by atoms with Gasteiger partial charge in [-0.05, 0) is 45.7 Å². The van der Waals surface area contributed by atoms with Gasteiger partial charge in [-0.3, -0.25) is 4.98 Å². The van der Waals surface area contributed by atoms with Gasteiger partial charge in [0.1, 0.15) is 0 Å². The van der Waals surface area contributed by atoms with E-state index in [0.29, 0.717) is 12.0 Å². The smallest absolute Gasteiger partial charge is 0.0562 e. The summed E-state index contributed by atoms with van der Waals surface area (Å²) in [4.78, 5) is 6.77. The Bertz CT molecular complexity index is 393. The van der Waals surface area contributed by atoms with Crippen LogP contribution in [0.25, 0.3) is 0 Å². The number of aromatic nitrogens is 1. The van der Waals surface area contributed by atoms with Gasteiger partial charge in [-0.25, -0.2) is 0 Å². The Morgan fingerprint density at radius 3 is 2.42 bits per heavy atom. The minimum absolute atomic E-state index is 0.120. The maximum Gasteiger partial charge on any atom is 0.0562 e. The van der Waals surface area contributed by atoms with Crippen molar-refractivity contribution in [1.82, 2.24) is 10.3 Å². The van der Waals surface area contributed by atoms with Gasteiger partial charge in [-0.15, -0.1) is 0 Å². The second-order valence-corrected chi connectivity index (χ2v) is 6.70. The van der Waals surface area contributed by atoms with Crippen molar-refractivity contribution in [2.24, 2.45) is 5.92 Å². The zero-order chi connectivity index (χ0) is 14.6. The van der Waals surface area contributed by atoms with Gasteiger partial charge in [0.25, 0.3) is 0 Å². The summed E-state index contributed by atoms with van der Waals surface area (Å²) >= 11 is 0. The number of nitrogens with zero attached hydrogens (tertiary/aromatic N) is 2. The standard InChI is InChI=1S/C16H29N3/c1-12(2)13(3)19(7)15-8-9-17-14(10-15)11-18-16(4,5)6/h8-10,12-13,18H,11H2,1-7H3. The van der Waals surface area contributed by atoms with Gasteiger partial charge >= 0.3 is 0 Å². The second kappa shape index (κ2) is 6.38. The third-order valence-corrected chi connectivity index (χ3v) is 3.58. The van der Waals surface area contributed by atoms with Crippen LogP contribution < -0.4 is 10.2 Å². The van der Waals surface area contributed by atoms with E-state index in [9.17, 15) is 0 Å². The normalized spacial score (nSPS) is 13.7. The maximum atomic E-state index is 4.44. The molecule has 1 N–H and O–H groups in total. The van der Waals surface area contributed by atoms with E-state index >= 15 is 0 Å². The zero-order valence-electron chi connectivity index (χ0n) is 13.5.